The predicted molar refractivity (Wildman–Crippen MR) is 109 cm³/mol. The molecule has 0 atom stereocenters. The van der Waals surface area contributed by atoms with Gasteiger partial charge in [0.05, 0.1) is 5.75 Å². The van der Waals surface area contributed by atoms with E-state index in [4.69, 9.17) is 9.72 Å². The van der Waals surface area contributed by atoms with Crippen LogP contribution >= 0.6 is 0 Å². The summed E-state index contributed by atoms with van der Waals surface area (Å²) < 4.78 is 35.2. The number of piperidine rings is 1. The highest BCUT2D eigenvalue weighted by Gasteiger charge is 2.31. The van der Waals surface area contributed by atoms with E-state index in [2.05, 4.69) is 11.5 Å². The van der Waals surface area contributed by atoms with Gasteiger partial charge in [-0.1, -0.05) is 30.3 Å². The smallest absolute Gasteiger partial charge is 0.218 e. The lowest BCUT2D eigenvalue weighted by Gasteiger charge is -2.34. The highest BCUT2D eigenvalue weighted by atomic mass is 32.2. The maximum atomic E-state index is 12.8. The van der Waals surface area contributed by atoms with Crippen molar-refractivity contribution in [1.82, 2.24) is 13.9 Å². The summed E-state index contributed by atoms with van der Waals surface area (Å²) in [7, 11) is -3.28. The van der Waals surface area contributed by atoms with Crippen molar-refractivity contribution in [3.8, 4) is 0 Å². The molecule has 28 heavy (non-hydrogen) atoms. The van der Waals surface area contributed by atoms with Crippen LogP contribution in [0, 0.1) is 6.92 Å². The second-order valence-electron chi connectivity index (χ2n) is 7.89. The molecule has 2 saturated heterocycles. The van der Waals surface area contributed by atoms with E-state index in [1.54, 1.807) is 4.31 Å². The first-order valence-electron chi connectivity index (χ1n) is 10.2. The average Bonchev–Trinajstić information content (AvgIpc) is 3.11. The molecule has 0 spiro atoms. The molecular formula is C21H29N3O3S. The van der Waals surface area contributed by atoms with Gasteiger partial charge in [-0.05, 0) is 38.2 Å². The molecule has 0 amide bonds. The van der Waals surface area contributed by atoms with Gasteiger partial charge in [-0.25, -0.2) is 17.7 Å². The molecule has 7 heteroatoms. The van der Waals surface area contributed by atoms with Crippen molar-refractivity contribution in [3.63, 3.8) is 0 Å². The molecule has 0 unspecified atom stereocenters. The Morgan fingerprint density at radius 1 is 1.07 bits per heavy atom. The van der Waals surface area contributed by atoms with Gasteiger partial charge in [-0.3, -0.25) is 0 Å². The van der Waals surface area contributed by atoms with E-state index in [-0.39, 0.29) is 5.75 Å². The van der Waals surface area contributed by atoms with Crippen molar-refractivity contribution in [2.45, 2.75) is 50.3 Å². The first-order valence-corrected chi connectivity index (χ1v) is 11.8. The van der Waals surface area contributed by atoms with E-state index in [0.717, 1.165) is 50.3 Å². The molecule has 152 valence electrons. The first-order chi connectivity index (χ1) is 13.5. The van der Waals surface area contributed by atoms with Crippen molar-refractivity contribution >= 4 is 10.0 Å². The van der Waals surface area contributed by atoms with Crippen LogP contribution in [0.5, 0.6) is 0 Å². The number of hydrogen-bond acceptors (Lipinski definition) is 4. The molecule has 0 aliphatic carbocycles. The lowest BCUT2D eigenvalue weighted by Crippen LogP contribution is -2.40. The Kier molecular flexibility index (Phi) is 5.85. The minimum atomic E-state index is -3.28. The number of nitrogens with zero attached hydrogens (tertiary/aromatic N) is 3. The molecule has 1 aromatic carbocycles. The van der Waals surface area contributed by atoms with Crippen LogP contribution < -0.4 is 0 Å². The fraction of sp³-hybridized carbons (Fsp3) is 0.571. The summed E-state index contributed by atoms with van der Waals surface area (Å²) in [5.74, 6) is 1.68. The van der Waals surface area contributed by atoms with Gasteiger partial charge in [-0.2, -0.15) is 0 Å². The zero-order valence-electron chi connectivity index (χ0n) is 16.5. The Labute approximate surface area is 167 Å². The molecule has 2 aliphatic rings. The Morgan fingerprint density at radius 3 is 2.43 bits per heavy atom. The summed E-state index contributed by atoms with van der Waals surface area (Å²) in [6.07, 6.45) is 5.66. The van der Waals surface area contributed by atoms with E-state index in [1.807, 2.05) is 36.5 Å². The number of rotatable bonds is 5. The predicted octanol–water partition coefficient (Wildman–Crippen LogP) is 3.25. The Morgan fingerprint density at radius 2 is 1.75 bits per heavy atom. The van der Waals surface area contributed by atoms with Gasteiger partial charge in [-0.15, -0.1) is 0 Å². The van der Waals surface area contributed by atoms with Gasteiger partial charge in [0.1, 0.15) is 5.82 Å². The van der Waals surface area contributed by atoms with Crippen molar-refractivity contribution in [2.24, 2.45) is 0 Å². The zero-order valence-corrected chi connectivity index (χ0v) is 17.3. The molecule has 2 aliphatic heterocycles. The number of imidazole rings is 1. The van der Waals surface area contributed by atoms with Crippen molar-refractivity contribution in [1.29, 1.82) is 0 Å². The zero-order chi connectivity index (χ0) is 19.6. The van der Waals surface area contributed by atoms with Gasteiger partial charge in [0.25, 0.3) is 0 Å². The molecule has 0 saturated carbocycles. The molecule has 0 N–H and O–H groups in total. The third-order valence-electron chi connectivity index (χ3n) is 5.97. The fourth-order valence-electron chi connectivity index (χ4n) is 4.45. The number of sulfonamides is 1. The maximum Gasteiger partial charge on any atom is 0.218 e. The van der Waals surface area contributed by atoms with E-state index < -0.39 is 10.0 Å². The van der Waals surface area contributed by atoms with Crippen LogP contribution in [0.4, 0.5) is 0 Å². The van der Waals surface area contributed by atoms with Gasteiger partial charge >= 0.3 is 0 Å². The minimum Gasteiger partial charge on any atom is -0.381 e. The van der Waals surface area contributed by atoms with Gasteiger partial charge in [0.2, 0.25) is 10.0 Å². The highest BCUT2D eigenvalue weighted by molar-refractivity contribution is 7.88. The topological polar surface area (TPSA) is 64.4 Å². The first kappa shape index (κ1) is 19.6. The van der Waals surface area contributed by atoms with Crippen molar-refractivity contribution in [3.05, 3.63) is 53.6 Å². The lowest BCUT2D eigenvalue weighted by atomic mass is 9.98. The monoisotopic (exact) mass is 403 g/mol. The minimum absolute atomic E-state index is 0.0793. The molecular weight excluding hydrogens is 374 g/mol. The van der Waals surface area contributed by atoms with E-state index in [0.29, 0.717) is 25.0 Å². The van der Waals surface area contributed by atoms with Crippen LogP contribution in [-0.2, 0) is 20.5 Å². The van der Waals surface area contributed by atoms with E-state index in [1.165, 1.54) is 5.69 Å². The van der Waals surface area contributed by atoms with Crippen LogP contribution in [0.15, 0.2) is 36.5 Å². The Balaban J connectivity index is 1.44. The number of aromatic nitrogens is 2. The fourth-order valence-corrected chi connectivity index (χ4v) is 6.02. The molecule has 6 nitrogen and oxygen atoms in total. The quantitative estimate of drug-likeness (QED) is 0.769. The summed E-state index contributed by atoms with van der Waals surface area (Å²) in [6, 6.07) is 9.75. The largest absolute Gasteiger partial charge is 0.381 e. The van der Waals surface area contributed by atoms with Gasteiger partial charge in [0, 0.05) is 50.2 Å². The molecule has 1 aromatic heterocycles. The summed E-state index contributed by atoms with van der Waals surface area (Å²) in [5, 5.41) is 0. The number of hydrogen-bond donors (Lipinski definition) is 0. The SMILES string of the molecule is Cc1cnc(C2CCOCC2)n1C1CCN(S(=O)(=O)Cc2ccccc2)CC1. The standard InChI is InChI=1S/C21H29N3O3S/c1-17-15-22-21(19-9-13-27-14-10-19)24(17)20-7-11-23(12-8-20)28(25,26)16-18-5-3-2-4-6-18/h2-6,15,19-20H,7-14,16H2,1H3. The molecule has 2 aromatic rings. The highest BCUT2D eigenvalue weighted by Crippen LogP contribution is 2.33. The number of benzene rings is 1. The Hall–Kier alpha value is -1.70. The van der Waals surface area contributed by atoms with Crippen LogP contribution in [0.2, 0.25) is 0 Å². The van der Waals surface area contributed by atoms with Crippen molar-refractivity contribution < 1.29 is 13.2 Å². The van der Waals surface area contributed by atoms with Crippen LogP contribution in [0.1, 0.15) is 54.7 Å². The second-order valence-corrected chi connectivity index (χ2v) is 9.86. The van der Waals surface area contributed by atoms with Gasteiger partial charge in [0.15, 0.2) is 0 Å². The Bertz CT molecular complexity index is 881. The average molecular weight is 404 g/mol. The molecule has 3 heterocycles. The third-order valence-corrected chi connectivity index (χ3v) is 7.82. The normalized spacial score (nSPS) is 20.5. The van der Waals surface area contributed by atoms with Crippen LogP contribution in [-0.4, -0.2) is 48.6 Å². The molecule has 0 radical (unpaired) electrons. The second kappa shape index (κ2) is 8.35. The summed E-state index contributed by atoms with van der Waals surface area (Å²) in [4.78, 5) is 4.71. The molecule has 4 rings (SSSR count). The van der Waals surface area contributed by atoms with E-state index >= 15 is 0 Å². The summed E-state index contributed by atoms with van der Waals surface area (Å²) >= 11 is 0. The van der Waals surface area contributed by atoms with Gasteiger partial charge < -0.3 is 9.30 Å². The molecule has 0 bridgehead atoms. The summed E-state index contributed by atoms with van der Waals surface area (Å²) in [6.45, 7) is 4.85. The lowest BCUT2D eigenvalue weighted by molar-refractivity contribution is 0.0820. The van der Waals surface area contributed by atoms with Crippen molar-refractivity contribution in [2.75, 3.05) is 26.3 Å². The van der Waals surface area contributed by atoms with E-state index in [9.17, 15) is 8.42 Å². The maximum absolute atomic E-state index is 12.8. The number of aryl methyl sites for hydroxylation is 1. The number of ether oxygens (including phenoxy) is 1. The summed E-state index contributed by atoms with van der Waals surface area (Å²) in [5.41, 5.74) is 2.02. The third kappa shape index (κ3) is 4.16. The van der Waals surface area contributed by atoms with Crippen LogP contribution in [0.25, 0.3) is 0 Å². The molecule has 2 fully saturated rings. The van der Waals surface area contributed by atoms with Crippen LogP contribution in [0.3, 0.4) is 0 Å².